The van der Waals surface area contributed by atoms with E-state index in [-0.39, 0.29) is 0 Å². The molecule has 0 bridgehead atoms. The second kappa shape index (κ2) is 7.80. The minimum absolute atomic E-state index is 0.748. The van der Waals surface area contributed by atoms with Gasteiger partial charge in [0.15, 0.2) is 0 Å². The van der Waals surface area contributed by atoms with E-state index >= 15 is 0 Å². The van der Waals surface area contributed by atoms with Crippen LogP contribution in [0, 0.1) is 6.92 Å². The van der Waals surface area contributed by atoms with Crippen LogP contribution in [-0.2, 0) is 13.0 Å². The number of ether oxygens (including phenoxy) is 1. The molecule has 3 aromatic rings. The lowest BCUT2D eigenvalue weighted by Gasteiger charge is -2.09. The van der Waals surface area contributed by atoms with Gasteiger partial charge >= 0.3 is 0 Å². The van der Waals surface area contributed by atoms with Gasteiger partial charge in [0.25, 0.3) is 0 Å². The highest BCUT2D eigenvalue weighted by Crippen LogP contribution is 2.32. The van der Waals surface area contributed by atoms with Gasteiger partial charge in [0.05, 0.1) is 7.11 Å². The first kappa shape index (κ1) is 17.6. The molecule has 4 nitrogen and oxygen atoms in total. The second-order valence-corrected chi connectivity index (χ2v) is 6.82. The van der Waals surface area contributed by atoms with Gasteiger partial charge in [-0.15, -0.1) is 0 Å². The van der Waals surface area contributed by atoms with Crippen molar-refractivity contribution in [2.45, 2.75) is 26.3 Å². The van der Waals surface area contributed by atoms with Crippen LogP contribution < -0.4 is 10.1 Å². The third kappa shape index (κ3) is 3.67. The van der Waals surface area contributed by atoms with E-state index in [0.717, 1.165) is 54.3 Å². The Labute approximate surface area is 159 Å². The number of nitrogens with one attached hydrogen (secondary N) is 1. The van der Waals surface area contributed by atoms with E-state index < -0.39 is 0 Å². The van der Waals surface area contributed by atoms with Crippen LogP contribution in [0.3, 0.4) is 0 Å². The largest absolute Gasteiger partial charge is 0.497 e. The smallest absolute Gasteiger partial charge is 0.138 e. The summed E-state index contributed by atoms with van der Waals surface area (Å²) in [4.78, 5) is 0. The number of hydrogen-bond donors (Lipinski definition) is 1. The van der Waals surface area contributed by atoms with Crippen molar-refractivity contribution in [3.05, 3.63) is 77.1 Å². The molecule has 0 saturated heterocycles. The van der Waals surface area contributed by atoms with Crippen LogP contribution in [0.1, 0.15) is 28.9 Å². The Balaban J connectivity index is 1.38. The average molecular weight is 360 g/mol. The fraction of sp³-hybridized carbons (Fsp3) is 0.261. The average Bonchev–Trinajstić information content (AvgIpc) is 3.29. The van der Waals surface area contributed by atoms with Crippen molar-refractivity contribution in [1.82, 2.24) is 10.5 Å². The molecule has 1 aliphatic carbocycles. The molecule has 1 aliphatic rings. The van der Waals surface area contributed by atoms with Gasteiger partial charge in [-0.1, -0.05) is 47.6 Å². The summed E-state index contributed by atoms with van der Waals surface area (Å²) in [6.07, 6.45) is 4.33. The Morgan fingerprint density at radius 3 is 2.81 bits per heavy atom. The van der Waals surface area contributed by atoms with Crippen molar-refractivity contribution in [3.63, 3.8) is 0 Å². The Morgan fingerprint density at radius 2 is 2.00 bits per heavy atom. The van der Waals surface area contributed by atoms with Crippen LogP contribution in [0.15, 0.2) is 59.1 Å². The lowest BCUT2D eigenvalue weighted by molar-refractivity contribution is 0.397. The molecular weight excluding hydrogens is 336 g/mol. The summed E-state index contributed by atoms with van der Waals surface area (Å²) in [5.74, 6) is 1.79. The summed E-state index contributed by atoms with van der Waals surface area (Å²) in [7, 11) is 1.72. The number of hydrogen-bond acceptors (Lipinski definition) is 4. The quantitative estimate of drug-likeness (QED) is 0.616. The summed E-state index contributed by atoms with van der Waals surface area (Å²) < 4.78 is 10.8. The number of nitrogens with zero attached hydrogens (tertiary/aromatic N) is 1. The van der Waals surface area contributed by atoms with Crippen molar-refractivity contribution in [1.29, 1.82) is 0 Å². The number of allylic oxidation sites excluding steroid dienone is 1. The molecule has 0 unspecified atom stereocenters. The number of aromatic nitrogens is 1. The van der Waals surface area contributed by atoms with Crippen LogP contribution in [0.5, 0.6) is 5.75 Å². The van der Waals surface area contributed by atoms with Crippen LogP contribution in [0.4, 0.5) is 0 Å². The van der Waals surface area contributed by atoms with Gasteiger partial charge in [-0.05, 0) is 55.1 Å². The summed E-state index contributed by atoms with van der Waals surface area (Å²) in [6.45, 7) is 3.62. The highest BCUT2D eigenvalue weighted by molar-refractivity contribution is 5.74. The second-order valence-electron chi connectivity index (χ2n) is 6.82. The Kier molecular flexibility index (Phi) is 5.07. The molecule has 1 aromatic heterocycles. The van der Waals surface area contributed by atoms with Gasteiger partial charge in [0.1, 0.15) is 17.2 Å². The predicted octanol–water partition coefficient (Wildman–Crippen LogP) is 4.78. The molecule has 0 spiro atoms. The van der Waals surface area contributed by atoms with E-state index in [9.17, 15) is 0 Å². The van der Waals surface area contributed by atoms with Gasteiger partial charge in [-0.25, -0.2) is 0 Å². The molecule has 0 aliphatic heterocycles. The molecule has 27 heavy (non-hydrogen) atoms. The lowest BCUT2D eigenvalue weighted by Crippen LogP contribution is -2.15. The third-order valence-corrected chi connectivity index (χ3v) is 5.14. The number of rotatable bonds is 7. The minimum Gasteiger partial charge on any atom is -0.497 e. The first-order valence-corrected chi connectivity index (χ1v) is 9.34. The Bertz CT molecular complexity index is 958. The number of methoxy groups -OCH3 is 1. The van der Waals surface area contributed by atoms with Crippen molar-refractivity contribution in [2.24, 2.45) is 0 Å². The van der Waals surface area contributed by atoms with E-state index in [4.69, 9.17) is 9.26 Å². The summed E-state index contributed by atoms with van der Waals surface area (Å²) in [6, 6.07) is 16.5. The molecule has 1 heterocycles. The van der Waals surface area contributed by atoms with E-state index in [1.54, 1.807) is 7.11 Å². The Hall–Kier alpha value is -2.85. The maximum Gasteiger partial charge on any atom is 0.138 e. The number of benzene rings is 2. The molecule has 2 aromatic carbocycles. The van der Waals surface area contributed by atoms with E-state index in [1.165, 1.54) is 16.7 Å². The molecular formula is C23H24N2O2. The molecule has 4 rings (SSSR count). The van der Waals surface area contributed by atoms with Crippen molar-refractivity contribution in [2.75, 3.05) is 13.7 Å². The molecule has 138 valence electrons. The summed E-state index contributed by atoms with van der Waals surface area (Å²) >= 11 is 0. The lowest BCUT2D eigenvalue weighted by atomic mass is 10.0. The van der Waals surface area contributed by atoms with E-state index in [2.05, 4.69) is 40.8 Å². The molecule has 0 atom stereocenters. The van der Waals surface area contributed by atoms with Crippen LogP contribution in [-0.4, -0.2) is 18.8 Å². The van der Waals surface area contributed by atoms with Crippen LogP contribution >= 0.6 is 0 Å². The van der Waals surface area contributed by atoms with E-state index in [1.807, 2.05) is 31.2 Å². The molecule has 0 radical (unpaired) electrons. The van der Waals surface area contributed by atoms with Gasteiger partial charge in [-0.3, -0.25) is 0 Å². The van der Waals surface area contributed by atoms with Gasteiger partial charge < -0.3 is 14.6 Å². The monoisotopic (exact) mass is 360 g/mol. The molecule has 1 N–H and O–H groups in total. The summed E-state index contributed by atoms with van der Waals surface area (Å²) in [5, 5.41) is 7.80. The topological polar surface area (TPSA) is 47.3 Å². The number of aryl methyl sites for hydroxylation is 1. The first-order chi connectivity index (χ1) is 13.3. The normalized spacial score (nSPS) is 12.7. The van der Waals surface area contributed by atoms with Gasteiger partial charge in [-0.2, -0.15) is 0 Å². The van der Waals surface area contributed by atoms with Crippen molar-refractivity contribution >= 4 is 5.57 Å². The van der Waals surface area contributed by atoms with Crippen molar-refractivity contribution < 1.29 is 9.26 Å². The van der Waals surface area contributed by atoms with Crippen LogP contribution in [0.25, 0.3) is 16.8 Å². The highest BCUT2D eigenvalue weighted by Gasteiger charge is 2.16. The van der Waals surface area contributed by atoms with Crippen molar-refractivity contribution in [3.8, 4) is 17.0 Å². The maximum atomic E-state index is 5.44. The standard InChI is InChI=1S/C23H24N2O2/c1-16-22(23(25-27-16)19-6-4-3-5-7-19)15-24-13-12-18-9-8-17-10-11-20(26-2)14-21(17)18/h3-7,9-11,14,24H,8,12-13,15H2,1-2H3. The molecule has 0 fully saturated rings. The zero-order valence-corrected chi connectivity index (χ0v) is 15.8. The maximum absolute atomic E-state index is 5.44. The molecule has 0 amide bonds. The predicted molar refractivity (Wildman–Crippen MR) is 108 cm³/mol. The zero-order chi connectivity index (χ0) is 18.6. The third-order valence-electron chi connectivity index (χ3n) is 5.14. The van der Waals surface area contributed by atoms with Gasteiger partial charge in [0, 0.05) is 17.7 Å². The SMILES string of the molecule is COc1ccc2c(c1)C(CCNCc1c(-c3ccccc3)noc1C)=CC2. The van der Waals surface area contributed by atoms with E-state index in [0.29, 0.717) is 0 Å². The molecule has 4 heteroatoms. The highest BCUT2D eigenvalue weighted by atomic mass is 16.5. The van der Waals surface area contributed by atoms with Crippen LogP contribution in [0.2, 0.25) is 0 Å². The first-order valence-electron chi connectivity index (χ1n) is 9.34. The molecule has 0 saturated carbocycles. The zero-order valence-electron chi connectivity index (χ0n) is 15.8. The fourth-order valence-electron chi connectivity index (χ4n) is 3.60. The fourth-order valence-corrected chi connectivity index (χ4v) is 3.60. The van der Waals surface area contributed by atoms with Gasteiger partial charge in [0.2, 0.25) is 0 Å². The number of fused-ring (bicyclic) bond motifs is 1. The Morgan fingerprint density at radius 1 is 1.15 bits per heavy atom. The minimum atomic E-state index is 0.748. The summed E-state index contributed by atoms with van der Waals surface area (Å²) in [5.41, 5.74) is 7.24.